The van der Waals surface area contributed by atoms with E-state index in [0.717, 1.165) is 22.5 Å². The molecule has 1 amide bonds. The van der Waals surface area contributed by atoms with Crippen molar-refractivity contribution in [2.45, 2.75) is 5.37 Å². The molecule has 3 aromatic carbocycles. The summed E-state index contributed by atoms with van der Waals surface area (Å²) in [6, 6.07) is 23.2. The van der Waals surface area contributed by atoms with Crippen molar-refractivity contribution in [1.82, 2.24) is 0 Å². The average molecular weight is 455 g/mol. The Balaban J connectivity index is 1.74. The average Bonchev–Trinajstić information content (AvgIpc) is 3.06. The van der Waals surface area contributed by atoms with Gasteiger partial charge in [0, 0.05) is 35.5 Å². The van der Waals surface area contributed by atoms with E-state index in [9.17, 15) is 4.79 Å². The zero-order chi connectivity index (χ0) is 21.3. The first-order valence-corrected chi connectivity index (χ1v) is 11.1. The lowest BCUT2D eigenvalue weighted by Gasteiger charge is -2.24. The van der Waals surface area contributed by atoms with Crippen LogP contribution in [-0.2, 0) is 4.79 Å². The van der Waals surface area contributed by atoms with Crippen LogP contribution in [0.3, 0.4) is 0 Å². The number of rotatable bonds is 4. The smallest absolute Gasteiger partial charge is 0.266 e. The van der Waals surface area contributed by atoms with Crippen molar-refractivity contribution >= 4 is 58.3 Å². The van der Waals surface area contributed by atoms with Crippen LogP contribution in [0, 0.1) is 0 Å². The summed E-state index contributed by atoms with van der Waals surface area (Å²) in [5.41, 5.74) is 3.93. The van der Waals surface area contributed by atoms with E-state index in [-0.39, 0.29) is 11.3 Å². The molecule has 0 saturated carbocycles. The summed E-state index contributed by atoms with van der Waals surface area (Å²) in [7, 11) is 4.02. The fraction of sp³-hybridized carbons (Fsp3) is 0.125. The molecule has 1 heterocycles. The lowest BCUT2D eigenvalue weighted by Crippen LogP contribution is -2.27. The van der Waals surface area contributed by atoms with E-state index in [2.05, 4.69) is 29.2 Å². The number of nitrogens with zero attached hydrogens (tertiary/aromatic N) is 2. The van der Waals surface area contributed by atoms with Gasteiger partial charge >= 0.3 is 0 Å². The maximum atomic E-state index is 13.4. The van der Waals surface area contributed by atoms with E-state index in [1.807, 2.05) is 73.6 Å². The maximum Gasteiger partial charge on any atom is 0.266 e. The van der Waals surface area contributed by atoms with Crippen molar-refractivity contribution in [2.24, 2.45) is 0 Å². The zero-order valence-electron chi connectivity index (χ0n) is 16.5. The Labute approximate surface area is 190 Å². The van der Waals surface area contributed by atoms with Crippen molar-refractivity contribution < 1.29 is 4.79 Å². The summed E-state index contributed by atoms with van der Waals surface area (Å²) in [6.07, 6.45) is 1.92. The van der Waals surface area contributed by atoms with Crippen molar-refractivity contribution in [2.75, 3.05) is 23.9 Å². The molecule has 1 aliphatic rings. The molecular weight excluding hydrogens is 435 g/mol. The van der Waals surface area contributed by atoms with Crippen LogP contribution in [0.5, 0.6) is 0 Å². The number of halogens is 2. The predicted molar refractivity (Wildman–Crippen MR) is 129 cm³/mol. The molecule has 1 unspecified atom stereocenters. The first-order chi connectivity index (χ1) is 14.4. The highest BCUT2D eigenvalue weighted by molar-refractivity contribution is 8.05. The Bertz CT molecular complexity index is 1080. The normalized spacial score (nSPS) is 17.6. The monoisotopic (exact) mass is 454 g/mol. The highest BCUT2D eigenvalue weighted by Gasteiger charge is 2.38. The standard InChI is InChI=1S/C24H20Cl2N2OS/c1-27(2)20-11-5-17(6-12-20)24-28(21-13-9-19(26)10-14-21)23(29)22(30-24)15-16-3-7-18(25)8-4-16/h3-15,24H,1-2H3/b22-15-. The molecule has 1 saturated heterocycles. The molecule has 1 fully saturated rings. The summed E-state index contributed by atoms with van der Waals surface area (Å²) < 4.78 is 0. The minimum atomic E-state index is -0.159. The third-order valence-electron chi connectivity index (χ3n) is 4.87. The minimum Gasteiger partial charge on any atom is -0.378 e. The Kier molecular flexibility index (Phi) is 6.09. The van der Waals surface area contributed by atoms with Crippen LogP contribution >= 0.6 is 35.0 Å². The van der Waals surface area contributed by atoms with Crippen LogP contribution in [0.15, 0.2) is 77.7 Å². The first kappa shape index (κ1) is 20.9. The van der Waals surface area contributed by atoms with E-state index in [4.69, 9.17) is 23.2 Å². The van der Waals surface area contributed by atoms with Crippen molar-refractivity contribution in [1.29, 1.82) is 0 Å². The molecule has 0 aromatic heterocycles. The lowest BCUT2D eigenvalue weighted by molar-refractivity contribution is -0.114. The lowest BCUT2D eigenvalue weighted by atomic mass is 10.1. The van der Waals surface area contributed by atoms with Gasteiger partial charge in [0.05, 0.1) is 4.91 Å². The van der Waals surface area contributed by atoms with Gasteiger partial charge in [0.25, 0.3) is 5.91 Å². The molecule has 3 nitrogen and oxygen atoms in total. The van der Waals surface area contributed by atoms with Crippen LogP contribution in [0.4, 0.5) is 11.4 Å². The second kappa shape index (κ2) is 8.76. The third kappa shape index (κ3) is 4.36. The molecule has 1 aliphatic heterocycles. The first-order valence-electron chi connectivity index (χ1n) is 9.43. The summed E-state index contributed by atoms with van der Waals surface area (Å²) in [6.45, 7) is 0. The number of thioether (sulfide) groups is 1. The van der Waals surface area contributed by atoms with Crippen molar-refractivity contribution in [3.63, 3.8) is 0 Å². The number of amides is 1. The summed E-state index contributed by atoms with van der Waals surface area (Å²) >= 11 is 13.6. The SMILES string of the molecule is CN(C)c1ccc(C2S/C(=C\c3ccc(Cl)cc3)C(=O)N2c2ccc(Cl)cc2)cc1. The van der Waals surface area contributed by atoms with E-state index >= 15 is 0 Å². The van der Waals surface area contributed by atoms with Crippen LogP contribution in [0.1, 0.15) is 16.5 Å². The van der Waals surface area contributed by atoms with Gasteiger partial charge in [-0.25, -0.2) is 0 Å². The van der Waals surface area contributed by atoms with E-state index in [1.165, 1.54) is 0 Å². The van der Waals surface area contributed by atoms with Gasteiger partial charge < -0.3 is 4.90 Å². The van der Waals surface area contributed by atoms with Crippen molar-refractivity contribution in [3.05, 3.63) is 98.9 Å². The van der Waals surface area contributed by atoms with Gasteiger partial charge in [0.1, 0.15) is 5.37 Å². The number of anilines is 2. The van der Waals surface area contributed by atoms with Crippen LogP contribution in [0.25, 0.3) is 6.08 Å². The fourth-order valence-electron chi connectivity index (χ4n) is 3.26. The Morgan fingerprint density at radius 2 is 1.43 bits per heavy atom. The topological polar surface area (TPSA) is 23.6 Å². The fourth-order valence-corrected chi connectivity index (χ4v) is 4.78. The van der Waals surface area contributed by atoms with Crippen LogP contribution < -0.4 is 9.80 Å². The van der Waals surface area contributed by atoms with E-state index in [1.54, 1.807) is 11.8 Å². The largest absolute Gasteiger partial charge is 0.378 e. The minimum absolute atomic E-state index is 0.0287. The highest BCUT2D eigenvalue weighted by Crippen LogP contribution is 2.48. The van der Waals surface area contributed by atoms with Gasteiger partial charge in [0.15, 0.2) is 0 Å². The molecule has 152 valence electrons. The molecule has 0 N–H and O–H groups in total. The van der Waals surface area contributed by atoms with Crippen LogP contribution in [0.2, 0.25) is 10.0 Å². The zero-order valence-corrected chi connectivity index (χ0v) is 18.9. The number of carbonyl (C=O) groups excluding carboxylic acids is 1. The third-order valence-corrected chi connectivity index (χ3v) is 6.63. The van der Waals surface area contributed by atoms with Gasteiger partial charge in [-0.2, -0.15) is 0 Å². The Morgan fingerprint density at radius 3 is 2.00 bits per heavy atom. The second-order valence-electron chi connectivity index (χ2n) is 7.17. The Morgan fingerprint density at radius 1 is 0.867 bits per heavy atom. The molecule has 0 radical (unpaired) electrons. The Hall–Kier alpha value is -2.40. The summed E-state index contributed by atoms with van der Waals surface area (Å²) in [5.74, 6) is -0.0287. The van der Waals surface area contributed by atoms with Gasteiger partial charge in [-0.05, 0) is 65.7 Å². The molecule has 6 heteroatoms. The number of hydrogen-bond donors (Lipinski definition) is 0. The molecule has 4 rings (SSSR count). The quantitative estimate of drug-likeness (QED) is 0.401. The van der Waals surface area contributed by atoms with E-state index < -0.39 is 0 Å². The molecule has 3 aromatic rings. The van der Waals surface area contributed by atoms with Gasteiger partial charge in [-0.1, -0.05) is 59.2 Å². The molecular formula is C24H20Cl2N2OS. The molecule has 0 aliphatic carbocycles. The highest BCUT2D eigenvalue weighted by atomic mass is 35.5. The number of carbonyl (C=O) groups is 1. The van der Waals surface area contributed by atoms with Gasteiger partial charge in [0.2, 0.25) is 0 Å². The molecule has 0 spiro atoms. The summed E-state index contributed by atoms with van der Waals surface area (Å²) in [4.78, 5) is 18.0. The molecule has 0 bridgehead atoms. The maximum absolute atomic E-state index is 13.4. The second-order valence-corrected chi connectivity index (χ2v) is 9.16. The molecule has 30 heavy (non-hydrogen) atoms. The van der Waals surface area contributed by atoms with E-state index in [0.29, 0.717) is 15.0 Å². The van der Waals surface area contributed by atoms with Gasteiger partial charge in [-0.15, -0.1) is 0 Å². The predicted octanol–water partition coefficient (Wildman–Crippen LogP) is 6.88. The van der Waals surface area contributed by atoms with Gasteiger partial charge in [-0.3, -0.25) is 9.69 Å². The summed E-state index contributed by atoms with van der Waals surface area (Å²) in [5, 5.41) is 1.15. The van der Waals surface area contributed by atoms with Crippen molar-refractivity contribution in [3.8, 4) is 0 Å². The van der Waals surface area contributed by atoms with Crippen LogP contribution in [-0.4, -0.2) is 20.0 Å². The number of benzene rings is 3. The number of hydrogen-bond acceptors (Lipinski definition) is 3. The molecule has 1 atom stereocenters.